The molecule has 0 radical (unpaired) electrons. The molecule has 7 rings (SSSR count). The predicted octanol–water partition coefficient (Wildman–Crippen LogP) is 11.9. The average molecular weight is 693 g/mol. The first-order chi connectivity index (χ1) is 22.7. The van der Waals surface area contributed by atoms with Gasteiger partial charge in [0.05, 0.1) is 0 Å². The van der Waals surface area contributed by atoms with Crippen molar-refractivity contribution in [2.45, 2.75) is 85.5 Å². The van der Waals surface area contributed by atoms with Crippen LogP contribution in [0.4, 0.5) is 0 Å². The molecule has 2 aliphatic heterocycles. The van der Waals surface area contributed by atoms with Gasteiger partial charge in [-0.3, -0.25) is 0 Å². The second kappa shape index (κ2) is 13.3. The third-order valence-electron chi connectivity index (χ3n) is 10.6. The second-order valence-corrected chi connectivity index (χ2v) is 15.8. The zero-order chi connectivity index (χ0) is 33.0. The van der Waals surface area contributed by atoms with E-state index in [0.717, 1.165) is 68.1 Å². The van der Waals surface area contributed by atoms with Gasteiger partial charge in [0.1, 0.15) is 20.0 Å². The van der Waals surface area contributed by atoms with E-state index in [9.17, 15) is 0 Å². The number of hydrogen-bond donors (Lipinski definition) is 0. The van der Waals surface area contributed by atoms with Crippen molar-refractivity contribution < 1.29 is 0 Å². The molecular formula is C41H44N2S4. The Labute approximate surface area is 301 Å². The van der Waals surface area contributed by atoms with E-state index in [1.54, 1.807) is 0 Å². The van der Waals surface area contributed by atoms with E-state index in [2.05, 4.69) is 86.0 Å². The van der Waals surface area contributed by atoms with Crippen LogP contribution in [-0.4, -0.2) is 42.8 Å². The number of rotatable bonds is 13. The molecule has 0 bridgehead atoms. The summed E-state index contributed by atoms with van der Waals surface area (Å²) in [5.41, 5.74) is 4.49. The molecule has 0 saturated carbocycles. The van der Waals surface area contributed by atoms with E-state index in [4.69, 9.17) is 48.9 Å². The molecule has 0 aliphatic carbocycles. The van der Waals surface area contributed by atoms with Crippen LogP contribution in [0, 0.1) is 11.8 Å². The molecule has 242 valence electrons. The van der Waals surface area contributed by atoms with Crippen molar-refractivity contribution in [2.75, 3.05) is 13.1 Å². The van der Waals surface area contributed by atoms with Crippen LogP contribution in [0.2, 0.25) is 0 Å². The lowest BCUT2D eigenvalue weighted by Crippen LogP contribution is -2.40. The fraction of sp³-hybridized carbons (Fsp3) is 0.415. The lowest BCUT2D eigenvalue weighted by molar-refractivity contribution is 0.424. The molecule has 5 aromatic carbocycles. The maximum Gasteiger partial charge on any atom is 0.114 e. The van der Waals surface area contributed by atoms with Gasteiger partial charge in [-0.2, -0.15) is 0 Å². The van der Waals surface area contributed by atoms with Crippen molar-refractivity contribution in [3.63, 3.8) is 0 Å². The van der Waals surface area contributed by atoms with Crippen molar-refractivity contribution in [3.8, 4) is 0 Å². The normalized spacial score (nSPS) is 15.5. The molecule has 2 nitrogen and oxygen atoms in total. The summed E-state index contributed by atoms with van der Waals surface area (Å²) in [4.78, 5) is 7.84. The van der Waals surface area contributed by atoms with Gasteiger partial charge in [0, 0.05) is 46.1 Å². The third kappa shape index (κ3) is 5.57. The number of unbranched alkanes of at least 4 members (excludes halogenated alkanes) is 5. The Kier molecular flexibility index (Phi) is 9.34. The number of benzene rings is 5. The number of hydrogen-bond acceptors (Lipinski definition) is 4. The molecule has 5 aromatic rings. The Bertz CT molecular complexity index is 1960. The standard InChI is InChI=1S/C41H44N2S4/c1-5-6-7-8-9-10-11-25(4)21-23-43-40(46)32-18-14-28-26-12-16-30-36-31(39(45)42(38(30)44)22-20-24(2)3)17-13-27(34(26)36)29-15-19-33(41(43)47)37(32)35(28)29/h12-19,24-25H,5-11,20-23H2,1-4H3. The maximum atomic E-state index is 6.21. The summed E-state index contributed by atoms with van der Waals surface area (Å²) in [6.45, 7) is 10.9. The Hall–Kier alpha value is -2.64. The monoisotopic (exact) mass is 692 g/mol. The summed E-state index contributed by atoms with van der Waals surface area (Å²) >= 11 is 24.6. The molecule has 1 atom stereocenters. The molecule has 0 saturated heterocycles. The quantitative estimate of drug-likeness (QED) is 0.0521. The highest BCUT2D eigenvalue weighted by molar-refractivity contribution is 7.83. The maximum absolute atomic E-state index is 6.21. The molecule has 0 amide bonds. The minimum atomic E-state index is 0.585. The van der Waals surface area contributed by atoms with E-state index in [1.165, 1.54) is 88.0 Å². The zero-order valence-corrected chi connectivity index (χ0v) is 31.3. The van der Waals surface area contributed by atoms with Crippen molar-refractivity contribution in [1.29, 1.82) is 0 Å². The molecule has 0 fully saturated rings. The van der Waals surface area contributed by atoms with Gasteiger partial charge >= 0.3 is 0 Å². The van der Waals surface area contributed by atoms with Gasteiger partial charge in [0.25, 0.3) is 0 Å². The first-order valence-electron chi connectivity index (χ1n) is 17.7. The highest BCUT2D eigenvalue weighted by Crippen LogP contribution is 2.46. The molecule has 2 heterocycles. The molecule has 0 N–H and O–H groups in total. The second-order valence-electron chi connectivity index (χ2n) is 14.3. The Balaban J connectivity index is 1.25. The summed E-state index contributed by atoms with van der Waals surface area (Å²) in [7, 11) is 0. The summed E-state index contributed by atoms with van der Waals surface area (Å²) in [5, 5.41) is 9.87. The van der Waals surface area contributed by atoms with Crippen LogP contribution in [0.1, 0.15) is 108 Å². The fourth-order valence-corrected chi connectivity index (χ4v) is 9.45. The summed E-state index contributed by atoms with van der Waals surface area (Å²) < 4.78 is 0. The molecule has 0 spiro atoms. The van der Waals surface area contributed by atoms with E-state index >= 15 is 0 Å². The predicted molar refractivity (Wildman–Crippen MR) is 219 cm³/mol. The summed E-state index contributed by atoms with van der Waals surface area (Å²) in [5.74, 6) is 1.24. The van der Waals surface area contributed by atoms with Gasteiger partial charge < -0.3 is 9.80 Å². The lowest BCUT2D eigenvalue weighted by atomic mass is 9.82. The van der Waals surface area contributed by atoms with Gasteiger partial charge in [0.2, 0.25) is 0 Å². The Morgan fingerprint density at radius 2 is 0.851 bits per heavy atom. The smallest absolute Gasteiger partial charge is 0.114 e. The summed E-state index contributed by atoms with van der Waals surface area (Å²) in [6.07, 6.45) is 11.5. The molecule has 47 heavy (non-hydrogen) atoms. The lowest BCUT2D eigenvalue weighted by Gasteiger charge is -2.34. The van der Waals surface area contributed by atoms with Crippen molar-refractivity contribution in [2.24, 2.45) is 11.8 Å². The molecule has 0 aromatic heterocycles. The first-order valence-corrected chi connectivity index (χ1v) is 19.3. The minimum Gasteiger partial charge on any atom is -0.323 e. The van der Waals surface area contributed by atoms with Crippen LogP contribution in [-0.2, 0) is 0 Å². The van der Waals surface area contributed by atoms with E-state index in [0.29, 0.717) is 11.8 Å². The fourth-order valence-electron chi connectivity index (χ4n) is 7.93. The summed E-state index contributed by atoms with van der Waals surface area (Å²) in [6, 6.07) is 18.0. The van der Waals surface area contributed by atoms with Crippen LogP contribution < -0.4 is 0 Å². The van der Waals surface area contributed by atoms with E-state index < -0.39 is 0 Å². The van der Waals surface area contributed by atoms with Crippen LogP contribution in [0.5, 0.6) is 0 Å². The van der Waals surface area contributed by atoms with E-state index in [-0.39, 0.29) is 0 Å². The largest absolute Gasteiger partial charge is 0.323 e. The van der Waals surface area contributed by atoms with Gasteiger partial charge in [-0.25, -0.2) is 0 Å². The number of nitrogens with zero attached hydrogens (tertiary/aromatic N) is 2. The van der Waals surface area contributed by atoms with Gasteiger partial charge in [-0.05, 0) is 57.0 Å². The molecule has 2 aliphatic rings. The highest BCUT2D eigenvalue weighted by atomic mass is 32.1. The van der Waals surface area contributed by atoms with Gasteiger partial charge in [0.15, 0.2) is 0 Å². The minimum absolute atomic E-state index is 0.585. The number of fused-ring (bicyclic) bond motifs is 2. The average Bonchev–Trinajstić information content (AvgIpc) is 3.06. The molecule has 6 heteroatoms. The van der Waals surface area contributed by atoms with Crippen molar-refractivity contribution in [1.82, 2.24) is 9.80 Å². The molecule has 1 unspecified atom stereocenters. The van der Waals surface area contributed by atoms with Gasteiger partial charge in [-0.15, -0.1) is 0 Å². The van der Waals surface area contributed by atoms with Crippen LogP contribution in [0.15, 0.2) is 48.5 Å². The Morgan fingerprint density at radius 1 is 0.468 bits per heavy atom. The first kappa shape index (κ1) is 32.9. The highest BCUT2D eigenvalue weighted by Gasteiger charge is 2.32. The van der Waals surface area contributed by atoms with Crippen molar-refractivity contribution >= 4 is 112 Å². The van der Waals surface area contributed by atoms with Crippen LogP contribution >= 0.6 is 48.9 Å². The Morgan fingerprint density at radius 3 is 1.26 bits per heavy atom. The van der Waals surface area contributed by atoms with Crippen LogP contribution in [0.25, 0.3) is 43.1 Å². The topological polar surface area (TPSA) is 6.48 Å². The number of thiocarbonyl (C=S) groups is 4. The van der Waals surface area contributed by atoms with Crippen molar-refractivity contribution in [3.05, 3.63) is 70.8 Å². The third-order valence-corrected chi connectivity index (χ3v) is 12.4. The van der Waals surface area contributed by atoms with E-state index in [1.807, 2.05) is 0 Å². The zero-order valence-electron chi connectivity index (χ0n) is 28.1. The molecular weight excluding hydrogens is 649 g/mol. The van der Waals surface area contributed by atoms with Gasteiger partial charge in [-0.1, -0.05) is 170 Å². The SMILES string of the molecule is CCCCCCCCC(C)CCN1C(=S)c2ccc3c4ccc5c6c(ccc(c7ccc(c2c37)C1=S)c64)C(=S)N(CCC(C)C)C5=S. The van der Waals surface area contributed by atoms with Crippen LogP contribution in [0.3, 0.4) is 0 Å².